The predicted molar refractivity (Wildman–Crippen MR) is 69.7 cm³/mol. The van der Waals surface area contributed by atoms with Crippen molar-refractivity contribution >= 4 is 5.91 Å². The average Bonchev–Trinajstić information content (AvgIpc) is 2.25. The molecule has 0 heterocycles. The van der Waals surface area contributed by atoms with Gasteiger partial charge in [0.1, 0.15) is 0 Å². The second-order valence-corrected chi connectivity index (χ2v) is 5.32. The summed E-state index contributed by atoms with van der Waals surface area (Å²) in [5, 5.41) is 11.8. The van der Waals surface area contributed by atoms with Crippen LogP contribution in [0.3, 0.4) is 0 Å². The van der Waals surface area contributed by atoms with Crippen LogP contribution in [-0.4, -0.2) is 23.7 Å². The second kappa shape index (κ2) is 8.51. The molecule has 2 N–H and O–H groups in total. The van der Waals surface area contributed by atoms with Crippen LogP contribution in [0.25, 0.3) is 0 Å². The maximum absolute atomic E-state index is 12.1. The van der Waals surface area contributed by atoms with Crippen molar-refractivity contribution in [2.45, 2.75) is 70.8 Å². The largest absolute Gasteiger partial charge is 0.396 e. The molecule has 1 aliphatic carbocycles. The Morgan fingerprint density at radius 3 is 2.41 bits per heavy atom. The van der Waals surface area contributed by atoms with Crippen LogP contribution < -0.4 is 5.32 Å². The third-order valence-electron chi connectivity index (χ3n) is 3.66. The van der Waals surface area contributed by atoms with Crippen molar-refractivity contribution < 1.29 is 9.90 Å². The molecule has 1 amide bonds. The minimum atomic E-state index is 0.195. The Morgan fingerprint density at radius 2 is 1.82 bits per heavy atom. The first-order valence-electron chi connectivity index (χ1n) is 7.15. The van der Waals surface area contributed by atoms with Gasteiger partial charge in [-0.25, -0.2) is 0 Å². The molecule has 0 aliphatic heterocycles. The van der Waals surface area contributed by atoms with Crippen molar-refractivity contribution in [1.29, 1.82) is 0 Å². The minimum absolute atomic E-state index is 0.195. The number of rotatable bonds is 5. The van der Waals surface area contributed by atoms with Crippen LogP contribution in [0.15, 0.2) is 0 Å². The molecule has 0 aromatic carbocycles. The highest BCUT2D eigenvalue weighted by molar-refractivity contribution is 5.78. The van der Waals surface area contributed by atoms with Gasteiger partial charge in [0, 0.05) is 18.6 Å². The Labute approximate surface area is 105 Å². The molecule has 100 valence electrons. The van der Waals surface area contributed by atoms with Gasteiger partial charge in [-0.3, -0.25) is 4.79 Å². The quantitative estimate of drug-likeness (QED) is 0.777. The van der Waals surface area contributed by atoms with E-state index >= 15 is 0 Å². The minimum Gasteiger partial charge on any atom is -0.396 e. The highest BCUT2D eigenvalue weighted by Crippen LogP contribution is 2.22. The molecule has 1 fully saturated rings. The van der Waals surface area contributed by atoms with Crippen LogP contribution in [0, 0.1) is 5.92 Å². The van der Waals surface area contributed by atoms with Gasteiger partial charge in [0.15, 0.2) is 0 Å². The molecule has 1 unspecified atom stereocenters. The lowest BCUT2D eigenvalue weighted by Gasteiger charge is -2.21. The molecular formula is C14H27NO2. The smallest absolute Gasteiger partial charge is 0.223 e. The number of amides is 1. The summed E-state index contributed by atoms with van der Waals surface area (Å²) < 4.78 is 0. The Hall–Kier alpha value is -0.570. The van der Waals surface area contributed by atoms with E-state index in [2.05, 4.69) is 5.32 Å². The summed E-state index contributed by atoms with van der Waals surface area (Å²) in [4.78, 5) is 12.1. The van der Waals surface area contributed by atoms with E-state index in [1.54, 1.807) is 0 Å². The maximum Gasteiger partial charge on any atom is 0.223 e. The van der Waals surface area contributed by atoms with Crippen LogP contribution >= 0.6 is 0 Å². The van der Waals surface area contributed by atoms with Crippen molar-refractivity contribution in [2.24, 2.45) is 5.92 Å². The lowest BCUT2D eigenvalue weighted by atomic mass is 9.90. The molecular weight excluding hydrogens is 214 g/mol. The summed E-state index contributed by atoms with van der Waals surface area (Å²) in [6.45, 7) is 2.24. The summed E-state index contributed by atoms with van der Waals surface area (Å²) in [6, 6.07) is 0.195. The van der Waals surface area contributed by atoms with E-state index in [0.29, 0.717) is 0 Å². The molecule has 1 rings (SSSR count). The third-order valence-corrected chi connectivity index (χ3v) is 3.66. The van der Waals surface area contributed by atoms with Gasteiger partial charge in [0.25, 0.3) is 0 Å². The molecule has 17 heavy (non-hydrogen) atoms. The lowest BCUT2D eigenvalue weighted by Crippen LogP contribution is -2.37. The van der Waals surface area contributed by atoms with Gasteiger partial charge in [-0.15, -0.1) is 0 Å². The van der Waals surface area contributed by atoms with Gasteiger partial charge >= 0.3 is 0 Å². The van der Waals surface area contributed by atoms with E-state index in [4.69, 9.17) is 5.11 Å². The van der Waals surface area contributed by atoms with Crippen molar-refractivity contribution in [3.63, 3.8) is 0 Å². The van der Waals surface area contributed by atoms with E-state index in [1.807, 2.05) is 6.92 Å². The monoisotopic (exact) mass is 241 g/mol. The fourth-order valence-electron chi connectivity index (χ4n) is 2.55. The highest BCUT2D eigenvalue weighted by atomic mass is 16.2. The Kier molecular flexibility index (Phi) is 7.25. The van der Waals surface area contributed by atoms with Crippen molar-refractivity contribution in [2.75, 3.05) is 6.61 Å². The van der Waals surface area contributed by atoms with Gasteiger partial charge in [0.2, 0.25) is 5.91 Å². The average molecular weight is 241 g/mol. The van der Waals surface area contributed by atoms with Crippen LogP contribution in [-0.2, 0) is 4.79 Å². The standard InChI is InChI=1S/C14H27NO2/c1-12(8-7-11-16)15-14(17)13-9-5-3-2-4-6-10-13/h12-13,16H,2-11H2,1H3,(H,15,17). The van der Waals surface area contributed by atoms with E-state index in [1.165, 1.54) is 32.1 Å². The zero-order valence-electron chi connectivity index (χ0n) is 11.1. The Morgan fingerprint density at radius 1 is 1.24 bits per heavy atom. The number of carbonyl (C=O) groups excluding carboxylic acids is 1. The Bertz CT molecular complexity index is 210. The van der Waals surface area contributed by atoms with Crippen molar-refractivity contribution in [1.82, 2.24) is 5.32 Å². The fraction of sp³-hybridized carbons (Fsp3) is 0.929. The number of nitrogens with one attached hydrogen (secondary N) is 1. The van der Waals surface area contributed by atoms with E-state index < -0.39 is 0 Å². The molecule has 3 nitrogen and oxygen atoms in total. The zero-order valence-corrected chi connectivity index (χ0v) is 11.1. The fourth-order valence-corrected chi connectivity index (χ4v) is 2.55. The van der Waals surface area contributed by atoms with Gasteiger partial charge < -0.3 is 10.4 Å². The van der Waals surface area contributed by atoms with Crippen molar-refractivity contribution in [3.05, 3.63) is 0 Å². The SMILES string of the molecule is CC(CCCO)NC(=O)C1CCCCCCC1. The summed E-state index contributed by atoms with van der Waals surface area (Å²) in [7, 11) is 0. The Balaban J connectivity index is 2.28. The third kappa shape index (κ3) is 6.06. The van der Waals surface area contributed by atoms with Crippen LogP contribution in [0.4, 0.5) is 0 Å². The zero-order chi connectivity index (χ0) is 12.5. The molecule has 1 aliphatic rings. The summed E-state index contributed by atoms with van der Waals surface area (Å²) in [6.07, 6.45) is 10.0. The number of carbonyl (C=O) groups is 1. The number of aliphatic hydroxyl groups excluding tert-OH is 1. The maximum atomic E-state index is 12.1. The van der Waals surface area contributed by atoms with E-state index in [0.717, 1.165) is 25.7 Å². The highest BCUT2D eigenvalue weighted by Gasteiger charge is 2.20. The molecule has 0 aromatic heterocycles. The van der Waals surface area contributed by atoms with Gasteiger partial charge in [-0.2, -0.15) is 0 Å². The number of hydrogen-bond donors (Lipinski definition) is 2. The molecule has 0 saturated heterocycles. The van der Waals surface area contributed by atoms with Gasteiger partial charge in [-0.05, 0) is 32.6 Å². The van der Waals surface area contributed by atoms with Crippen LogP contribution in [0.1, 0.15) is 64.7 Å². The van der Waals surface area contributed by atoms with E-state index in [-0.39, 0.29) is 24.5 Å². The molecule has 0 aromatic rings. The van der Waals surface area contributed by atoms with Crippen molar-refractivity contribution in [3.8, 4) is 0 Å². The predicted octanol–water partition coefficient (Wildman–Crippen LogP) is 2.62. The second-order valence-electron chi connectivity index (χ2n) is 5.32. The first-order chi connectivity index (χ1) is 8.24. The van der Waals surface area contributed by atoms with Crippen LogP contribution in [0.5, 0.6) is 0 Å². The number of aliphatic hydroxyl groups is 1. The summed E-state index contributed by atoms with van der Waals surface area (Å²) in [5.74, 6) is 0.462. The van der Waals surface area contributed by atoms with E-state index in [9.17, 15) is 4.79 Å². The molecule has 0 radical (unpaired) electrons. The lowest BCUT2D eigenvalue weighted by molar-refractivity contribution is -0.126. The first kappa shape index (κ1) is 14.5. The van der Waals surface area contributed by atoms with Gasteiger partial charge in [-0.1, -0.05) is 32.1 Å². The normalized spacial score (nSPS) is 20.4. The molecule has 1 atom stereocenters. The molecule has 0 spiro atoms. The molecule has 3 heteroatoms. The number of hydrogen-bond acceptors (Lipinski definition) is 2. The first-order valence-corrected chi connectivity index (χ1v) is 7.15. The topological polar surface area (TPSA) is 49.3 Å². The molecule has 0 bridgehead atoms. The van der Waals surface area contributed by atoms with Crippen LogP contribution in [0.2, 0.25) is 0 Å². The summed E-state index contributed by atoms with van der Waals surface area (Å²) in [5.41, 5.74) is 0. The summed E-state index contributed by atoms with van der Waals surface area (Å²) >= 11 is 0. The van der Waals surface area contributed by atoms with Gasteiger partial charge in [0.05, 0.1) is 0 Å². The molecule has 1 saturated carbocycles.